The lowest BCUT2D eigenvalue weighted by Crippen LogP contribution is -2.29. The van der Waals surface area contributed by atoms with Gasteiger partial charge in [-0.1, -0.05) is 30.3 Å². The minimum atomic E-state index is -1.34. The third kappa shape index (κ3) is 5.61. The van der Waals surface area contributed by atoms with Crippen molar-refractivity contribution in [1.29, 1.82) is 0 Å². The van der Waals surface area contributed by atoms with Crippen LogP contribution in [0.3, 0.4) is 0 Å². The van der Waals surface area contributed by atoms with Crippen LogP contribution in [0, 0.1) is 0 Å². The first-order valence-electron chi connectivity index (χ1n) is 8.00. The van der Waals surface area contributed by atoms with E-state index < -0.39 is 24.3 Å². The maximum atomic E-state index is 11.6. The zero-order valence-electron chi connectivity index (χ0n) is 14.3. The Bertz CT molecular complexity index is 713. The quantitative estimate of drug-likeness (QED) is 0.612. The molecule has 2 aromatic rings. The van der Waals surface area contributed by atoms with Crippen LogP contribution in [-0.4, -0.2) is 42.0 Å². The van der Waals surface area contributed by atoms with E-state index in [9.17, 15) is 19.8 Å². The zero-order valence-corrected chi connectivity index (χ0v) is 14.3. The maximum absolute atomic E-state index is 11.6. The molecule has 0 fully saturated rings. The van der Waals surface area contributed by atoms with Crippen LogP contribution in [0.25, 0.3) is 0 Å². The van der Waals surface area contributed by atoms with Gasteiger partial charge in [-0.05, 0) is 24.1 Å². The monoisotopic (exact) mass is 363 g/mol. The average Bonchev–Trinajstić information content (AvgIpc) is 3.16. The second kappa shape index (κ2) is 9.59. The molecule has 3 N–H and O–H groups in total. The standard InChI is InChI=1S/C18H21NO7/c1-24-17(22)15-8-7-14(26-15)16(21)13(20)9-10-19-18(23)25-11-12-5-3-2-4-6-12/h2-8,13,16,20-21H,9-11H2,1H3,(H,19,23). The third-order valence-corrected chi connectivity index (χ3v) is 3.59. The van der Waals surface area contributed by atoms with E-state index in [4.69, 9.17) is 9.15 Å². The van der Waals surface area contributed by atoms with Crippen LogP contribution < -0.4 is 5.32 Å². The number of alkyl carbamates (subject to hydrolysis) is 1. The van der Waals surface area contributed by atoms with Gasteiger partial charge in [0.25, 0.3) is 0 Å². The first kappa shape index (κ1) is 19.5. The second-order valence-electron chi connectivity index (χ2n) is 5.48. The number of carbonyl (C=O) groups excluding carboxylic acids is 2. The number of benzene rings is 1. The zero-order chi connectivity index (χ0) is 18.9. The smallest absolute Gasteiger partial charge is 0.407 e. The fraction of sp³-hybridized carbons (Fsp3) is 0.333. The Morgan fingerprint density at radius 1 is 1.15 bits per heavy atom. The van der Waals surface area contributed by atoms with Crippen LogP contribution >= 0.6 is 0 Å². The van der Waals surface area contributed by atoms with Gasteiger partial charge in [-0.3, -0.25) is 0 Å². The number of rotatable bonds is 8. The van der Waals surface area contributed by atoms with Crippen molar-refractivity contribution in [2.75, 3.05) is 13.7 Å². The van der Waals surface area contributed by atoms with Crippen LogP contribution in [0.15, 0.2) is 46.9 Å². The van der Waals surface area contributed by atoms with Gasteiger partial charge in [0.2, 0.25) is 5.76 Å². The van der Waals surface area contributed by atoms with E-state index in [-0.39, 0.29) is 31.1 Å². The summed E-state index contributed by atoms with van der Waals surface area (Å²) in [7, 11) is 1.21. The summed E-state index contributed by atoms with van der Waals surface area (Å²) in [5.41, 5.74) is 0.859. The third-order valence-electron chi connectivity index (χ3n) is 3.59. The molecule has 1 amide bonds. The Morgan fingerprint density at radius 2 is 1.88 bits per heavy atom. The summed E-state index contributed by atoms with van der Waals surface area (Å²) in [6.07, 6.45) is -3.09. The van der Waals surface area contributed by atoms with Gasteiger partial charge in [0, 0.05) is 6.54 Å². The van der Waals surface area contributed by atoms with Crippen LogP contribution in [0.4, 0.5) is 4.79 Å². The number of aliphatic hydroxyl groups excluding tert-OH is 2. The molecule has 0 aliphatic carbocycles. The molecule has 0 bridgehead atoms. The molecular weight excluding hydrogens is 342 g/mol. The number of ether oxygens (including phenoxy) is 2. The highest BCUT2D eigenvalue weighted by Crippen LogP contribution is 2.21. The minimum absolute atomic E-state index is 0.0320. The molecule has 2 atom stereocenters. The first-order chi connectivity index (χ1) is 12.5. The van der Waals surface area contributed by atoms with E-state index in [1.165, 1.54) is 19.2 Å². The van der Waals surface area contributed by atoms with Crippen LogP contribution in [0.2, 0.25) is 0 Å². The highest BCUT2D eigenvalue weighted by atomic mass is 16.5. The van der Waals surface area contributed by atoms with E-state index in [1.807, 2.05) is 30.3 Å². The number of esters is 1. The van der Waals surface area contributed by atoms with Crippen molar-refractivity contribution in [1.82, 2.24) is 5.32 Å². The molecule has 1 aromatic heterocycles. The Kier molecular flexibility index (Phi) is 7.19. The minimum Gasteiger partial charge on any atom is -0.463 e. The summed E-state index contributed by atoms with van der Waals surface area (Å²) >= 11 is 0. The molecule has 0 aliphatic rings. The van der Waals surface area contributed by atoms with Crippen molar-refractivity contribution < 1.29 is 33.7 Å². The molecule has 140 valence electrons. The van der Waals surface area contributed by atoms with Crippen molar-refractivity contribution in [2.24, 2.45) is 0 Å². The van der Waals surface area contributed by atoms with Crippen molar-refractivity contribution in [3.05, 3.63) is 59.5 Å². The van der Waals surface area contributed by atoms with Gasteiger partial charge in [0.15, 0.2) is 0 Å². The number of aliphatic hydroxyl groups is 2. The molecule has 0 radical (unpaired) electrons. The van der Waals surface area contributed by atoms with Gasteiger partial charge in [0.05, 0.1) is 13.2 Å². The highest BCUT2D eigenvalue weighted by Gasteiger charge is 2.23. The highest BCUT2D eigenvalue weighted by molar-refractivity contribution is 5.86. The number of nitrogens with one attached hydrogen (secondary N) is 1. The molecular formula is C18H21NO7. The fourth-order valence-corrected chi connectivity index (χ4v) is 2.17. The van der Waals surface area contributed by atoms with Crippen LogP contribution in [0.5, 0.6) is 0 Å². The summed E-state index contributed by atoms with van der Waals surface area (Å²) in [5.74, 6) is -0.721. The number of carbonyl (C=O) groups is 2. The lowest BCUT2D eigenvalue weighted by molar-refractivity contribution is 0.000151. The SMILES string of the molecule is COC(=O)c1ccc(C(O)C(O)CCNC(=O)OCc2ccccc2)o1. The summed E-state index contributed by atoms with van der Waals surface area (Å²) in [6, 6.07) is 11.9. The molecule has 2 unspecified atom stereocenters. The number of hydrogen-bond acceptors (Lipinski definition) is 7. The normalized spacial score (nSPS) is 12.9. The average molecular weight is 363 g/mol. The van der Waals surface area contributed by atoms with E-state index >= 15 is 0 Å². The molecule has 0 spiro atoms. The van der Waals surface area contributed by atoms with E-state index in [0.29, 0.717) is 0 Å². The van der Waals surface area contributed by atoms with Crippen molar-refractivity contribution in [3.8, 4) is 0 Å². The molecule has 1 aromatic carbocycles. The van der Waals surface area contributed by atoms with Crippen molar-refractivity contribution in [2.45, 2.75) is 25.2 Å². The van der Waals surface area contributed by atoms with Gasteiger partial charge < -0.3 is 29.4 Å². The van der Waals surface area contributed by atoms with Crippen LogP contribution in [0.1, 0.15) is 34.4 Å². The van der Waals surface area contributed by atoms with Gasteiger partial charge in [-0.2, -0.15) is 0 Å². The van der Waals surface area contributed by atoms with E-state index in [1.54, 1.807) is 0 Å². The summed E-state index contributed by atoms with van der Waals surface area (Å²) in [6.45, 7) is 0.233. The maximum Gasteiger partial charge on any atom is 0.407 e. The van der Waals surface area contributed by atoms with Gasteiger partial charge >= 0.3 is 12.1 Å². The second-order valence-corrected chi connectivity index (χ2v) is 5.48. The van der Waals surface area contributed by atoms with Gasteiger partial charge in [0.1, 0.15) is 18.5 Å². The van der Waals surface area contributed by atoms with E-state index in [2.05, 4.69) is 10.1 Å². The van der Waals surface area contributed by atoms with Gasteiger partial charge in [-0.25, -0.2) is 9.59 Å². The molecule has 0 saturated heterocycles. The fourth-order valence-electron chi connectivity index (χ4n) is 2.17. The van der Waals surface area contributed by atoms with Crippen molar-refractivity contribution in [3.63, 3.8) is 0 Å². The molecule has 1 heterocycles. The summed E-state index contributed by atoms with van der Waals surface area (Å²) in [5, 5.41) is 22.5. The predicted molar refractivity (Wildman–Crippen MR) is 90.3 cm³/mol. The number of amides is 1. The lowest BCUT2D eigenvalue weighted by Gasteiger charge is -2.16. The molecule has 8 nitrogen and oxygen atoms in total. The predicted octanol–water partition coefficient (Wildman–Crippen LogP) is 1.78. The summed E-state index contributed by atoms with van der Waals surface area (Å²) < 4.78 is 14.7. The Morgan fingerprint density at radius 3 is 2.58 bits per heavy atom. The molecule has 2 rings (SSSR count). The first-order valence-corrected chi connectivity index (χ1v) is 8.00. The molecule has 8 heteroatoms. The number of methoxy groups -OCH3 is 1. The number of hydrogen-bond donors (Lipinski definition) is 3. The molecule has 0 saturated carbocycles. The Hall–Kier alpha value is -2.84. The Balaban J connectivity index is 1.72. The lowest BCUT2D eigenvalue weighted by atomic mass is 10.1. The van der Waals surface area contributed by atoms with Crippen LogP contribution in [-0.2, 0) is 16.1 Å². The number of furan rings is 1. The van der Waals surface area contributed by atoms with Crippen molar-refractivity contribution >= 4 is 12.1 Å². The Labute approximate surface area is 150 Å². The molecule has 26 heavy (non-hydrogen) atoms. The largest absolute Gasteiger partial charge is 0.463 e. The summed E-state index contributed by atoms with van der Waals surface area (Å²) in [4.78, 5) is 22.9. The van der Waals surface area contributed by atoms with E-state index in [0.717, 1.165) is 5.56 Å². The topological polar surface area (TPSA) is 118 Å². The van der Waals surface area contributed by atoms with Gasteiger partial charge in [-0.15, -0.1) is 0 Å². The molecule has 0 aliphatic heterocycles.